The summed E-state index contributed by atoms with van der Waals surface area (Å²) in [6, 6.07) is 16.8. The maximum atomic E-state index is 12.8. The largest absolute Gasteiger partial charge is 0.383 e. The molecule has 1 aromatic heterocycles. The summed E-state index contributed by atoms with van der Waals surface area (Å²) in [5.41, 5.74) is 2.86. The second-order valence-electron chi connectivity index (χ2n) is 6.30. The lowest BCUT2D eigenvalue weighted by atomic mass is 10.1. The van der Waals surface area contributed by atoms with E-state index in [1.165, 1.54) is 0 Å². The van der Waals surface area contributed by atoms with Gasteiger partial charge in [0.15, 0.2) is 0 Å². The van der Waals surface area contributed by atoms with Gasteiger partial charge in [0, 0.05) is 30.3 Å². The van der Waals surface area contributed by atoms with Crippen LogP contribution in [0.15, 0.2) is 59.4 Å². The molecule has 0 saturated heterocycles. The predicted octanol–water partition coefficient (Wildman–Crippen LogP) is 3.13. The van der Waals surface area contributed by atoms with Gasteiger partial charge in [-0.1, -0.05) is 30.3 Å². The number of nitrogens with one attached hydrogen (secondary N) is 1. The van der Waals surface area contributed by atoms with Gasteiger partial charge in [-0.15, -0.1) is 0 Å². The first kappa shape index (κ1) is 17.9. The summed E-state index contributed by atoms with van der Waals surface area (Å²) in [6.07, 6.45) is 0. The smallest absolute Gasteiger partial charge is 0.254 e. The number of aromatic amines is 1. The lowest BCUT2D eigenvalue weighted by Crippen LogP contribution is -2.35. The van der Waals surface area contributed by atoms with Gasteiger partial charge in [0.2, 0.25) is 0 Å². The number of ether oxygens (including phenoxy) is 1. The molecule has 0 bridgehead atoms. The van der Waals surface area contributed by atoms with Crippen LogP contribution in [0.2, 0.25) is 0 Å². The average Bonchev–Trinajstić information content (AvgIpc) is 2.65. The molecular formula is C21H22N2O3. The van der Waals surface area contributed by atoms with Crippen LogP contribution in [0, 0.1) is 6.92 Å². The quantitative estimate of drug-likeness (QED) is 0.743. The van der Waals surface area contributed by atoms with Crippen LogP contribution in [-0.2, 0) is 11.3 Å². The third-order valence-corrected chi connectivity index (χ3v) is 4.31. The highest BCUT2D eigenvalue weighted by Crippen LogP contribution is 2.15. The molecule has 3 aromatic rings. The maximum Gasteiger partial charge on any atom is 0.254 e. The average molecular weight is 350 g/mol. The Morgan fingerprint density at radius 1 is 1.12 bits per heavy atom. The van der Waals surface area contributed by atoms with E-state index in [2.05, 4.69) is 4.98 Å². The molecule has 26 heavy (non-hydrogen) atoms. The molecule has 0 radical (unpaired) electrons. The van der Waals surface area contributed by atoms with Crippen LogP contribution in [0.3, 0.4) is 0 Å². The van der Waals surface area contributed by atoms with Gasteiger partial charge in [-0.05, 0) is 42.1 Å². The number of carbonyl (C=O) groups excluding carboxylic acids is 1. The van der Waals surface area contributed by atoms with Crippen molar-refractivity contribution in [3.8, 4) is 0 Å². The molecule has 0 saturated carbocycles. The van der Waals surface area contributed by atoms with E-state index in [-0.39, 0.29) is 18.0 Å². The first-order chi connectivity index (χ1) is 12.6. The maximum absolute atomic E-state index is 12.8. The summed E-state index contributed by atoms with van der Waals surface area (Å²) in [5, 5.41) is 0.948. The fourth-order valence-electron chi connectivity index (χ4n) is 2.90. The van der Waals surface area contributed by atoms with Crippen molar-refractivity contribution in [1.29, 1.82) is 0 Å². The van der Waals surface area contributed by atoms with E-state index < -0.39 is 0 Å². The van der Waals surface area contributed by atoms with Crippen LogP contribution < -0.4 is 5.56 Å². The standard InChI is InChI=1S/C21H22N2O3/c1-15-8-9-17-13-18(20(24)22-19(17)12-15)14-23(10-11-26-2)21(25)16-6-4-3-5-7-16/h3-9,12-13H,10-11,14H2,1-2H3,(H,22,24). The van der Waals surface area contributed by atoms with Crippen molar-refractivity contribution in [2.75, 3.05) is 20.3 Å². The Kier molecular flexibility index (Phi) is 5.49. The van der Waals surface area contributed by atoms with Crippen molar-refractivity contribution in [2.24, 2.45) is 0 Å². The third kappa shape index (κ3) is 4.00. The molecule has 5 nitrogen and oxygen atoms in total. The lowest BCUT2D eigenvalue weighted by Gasteiger charge is -2.22. The molecule has 0 spiro atoms. The minimum absolute atomic E-state index is 0.119. The van der Waals surface area contributed by atoms with Gasteiger partial charge >= 0.3 is 0 Å². The number of hydrogen-bond acceptors (Lipinski definition) is 3. The highest BCUT2D eigenvalue weighted by molar-refractivity contribution is 5.94. The number of methoxy groups -OCH3 is 1. The Labute approximate surface area is 152 Å². The Balaban J connectivity index is 1.92. The first-order valence-electron chi connectivity index (χ1n) is 8.54. The summed E-state index contributed by atoms with van der Waals surface area (Å²) < 4.78 is 5.13. The predicted molar refractivity (Wildman–Crippen MR) is 102 cm³/mol. The number of H-pyrrole nitrogens is 1. The van der Waals surface area contributed by atoms with E-state index in [1.54, 1.807) is 24.1 Å². The van der Waals surface area contributed by atoms with Crippen molar-refractivity contribution in [2.45, 2.75) is 13.5 Å². The number of carbonyl (C=O) groups is 1. The molecule has 134 valence electrons. The molecule has 5 heteroatoms. The van der Waals surface area contributed by atoms with Crippen LogP contribution in [0.5, 0.6) is 0 Å². The molecule has 0 fully saturated rings. The summed E-state index contributed by atoms with van der Waals surface area (Å²) in [5.74, 6) is -0.119. The molecule has 0 aliphatic rings. The van der Waals surface area contributed by atoms with E-state index in [0.29, 0.717) is 24.3 Å². The van der Waals surface area contributed by atoms with Crippen LogP contribution in [0.4, 0.5) is 0 Å². The van der Waals surface area contributed by atoms with E-state index in [9.17, 15) is 9.59 Å². The molecule has 2 aromatic carbocycles. The highest BCUT2D eigenvalue weighted by atomic mass is 16.5. The molecule has 0 unspecified atom stereocenters. The number of rotatable bonds is 6. The zero-order valence-electron chi connectivity index (χ0n) is 15.0. The molecule has 1 N–H and O–H groups in total. The molecular weight excluding hydrogens is 328 g/mol. The number of pyridine rings is 1. The minimum atomic E-state index is -0.175. The van der Waals surface area contributed by atoms with E-state index in [0.717, 1.165) is 16.5 Å². The number of aromatic nitrogens is 1. The SMILES string of the molecule is COCCN(Cc1cc2ccc(C)cc2[nH]c1=O)C(=O)c1ccccc1. The lowest BCUT2D eigenvalue weighted by molar-refractivity contribution is 0.0680. The summed E-state index contributed by atoms with van der Waals surface area (Å²) in [6.45, 7) is 3.03. The van der Waals surface area contributed by atoms with Gasteiger partial charge in [0.05, 0.1) is 13.2 Å². The summed E-state index contributed by atoms with van der Waals surface area (Å²) >= 11 is 0. The van der Waals surface area contributed by atoms with Gasteiger partial charge < -0.3 is 14.6 Å². The van der Waals surface area contributed by atoms with Crippen LogP contribution in [-0.4, -0.2) is 36.1 Å². The second kappa shape index (κ2) is 7.97. The fourth-order valence-corrected chi connectivity index (χ4v) is 2.90. The van der Waals surface area contributed by atoms with Gasteiger partial charge in [-0.2, -0.15) is 0 Å². The molecule has 0 aliphatic carbocycles. The third-order valence-electron chi connectivity index (χ3n) is 4.31. The number of amides is 1. The van der Waals surface area contributed by atoms with Crippen molar-refractivity contribution in [1.82, 2.24) is 9.88 Å². The normalized spacial score (nSPS) is 10.8. The van der Waals surface area contributed by atoms with Gasteiger partial charge in [-0.25, -0.2) is 0 Å². The Morgan fingerprint density at radius 2 is 1.88 bits per heavy atom. The Hall–Kier alpha value is -2.92. The first-order valence-corrected chi connectivity index (χ1v) is 8.54. The zero-order chi connectivity index (χ0) is 18.5. The molecule has 1 heterocycles. The van der Waals surface area contributed by atoms with Crippen molar-refractivity contribution < 1.29 is 9.53 Å². The topological polar surface area (TPSA) is 62.4 Å². The van der Waals surface area contributed by atoms with Gasteiger partial charge in [0.25, 0.3) is 11.5 Å². The number of fused-ring (bicyclic) bond motifs is 1. The van der Waals surface area contributed by atoms with E-state index in [1.807, 2.05) is 49.4 Å². The Morgan fingerprint density at radius 3 is 2.62 bits per heavy atom. The van der Waals surface area contributed by atoms with Gasteiger partial charge in [0.1, 0.15) is 0 Å². The van der Waals surface area contributed by atoms with Crippen LogP contribution in [0.25, 0.3) is 10.9 Å². The Bertz CT molecular complexity index is 964. The number of hydrogen-bond donors (Lipinski definition) is 1. The zero-order valence-corrected chi connectivity index (χ0v) is 15.0. The van der Waals surface area contributed by atoms with Crippen molar-refractivity contribution in [3.05, 3.63) is 81.6 Å². The molecule has 0 aliphatic heterocycles. The van der Waals surface area contributed by atoms with Crippen LogP contribution >= 0.6 is 0 Å². The summed E-state index contributed by atoms with van der Waals surface area (Å²) in [7, 11) is 1.59. The minimum Gasteiger partial charge on any atom is -0.383 e. The van der Waals surface area contributed by atoms with E-state index >= 15 is 0 Å². The molecule has 3 rings (SSSR count). The number of aryl methyl sites for hydroxylation is 1. The monoisotopic (exact) mass is 350 g/mol. The van der Waals surface area contributed by atoms with Gasteiger partial charge in [-0.3, -0.25) is 9.59 Å². The number of nitrogens with zero attached hydrogens (tertiary/aromatic N) is 1. The fraction of sp³-hybridized carbons (Fsp3) is 0.238. The van der Waals surface area contributed by atoms with Crippen LogP contribution in [0.1, 0.15) is 21.5 Å². The summed E-state index contributed by atoms with van der Waals surface area (Å²) in [4.78, 5) is 29.9. The molecule has 0 atom stereocenters. The highest BCUT2D eigenvalue weighted by Gasteiger charge is 2.17. The second-order valence-corrected chi connectivity index (χ2v) is 6.30. The molecule has 1 amide bonds. The number of benzene rings is 2. The van der Waals surface area contributed by atoms with E-state index in [4.69, 9.17) is 4.74 Å². The van der Waals surface area contributed by atoms with Crippen molar-refractivity contribution in [3.63, 3.8) is 0 Å². The van der Waals surface area contributed by atoms with Crippen molar-refractivity contribution >= 4 is 16.8 Å².